The summed E-state index contributed by atoms with van der Waals surface area (Å²) in [6, 6.07) is 4.77. The number of hydrogen-bond donors (Lipinski definition) is 2. The van der Waals surface area contributed by atoms with Crippen molar-refractivity contribution >= 4 is 29.0 Å². The average Bonchev–Trinajstić information content (AvgIpc) is 2.45. The summed E-state index contributed by atoms with van der Waals surface area (Å²) in [7, 11) is 1.41. The first-order valence-corrected chi connectivity index (χ1v) is 5.96. The molecule has 108 valence electrons. The Morgan fingerprint density at radius 2 is 2.10 bits per heavy atom. The normalized spacial score (nSPS) is 10.2. The lowest BCUT2D eigenvalue weighted by molar-refractivity contribution is -0.118. The third kappa shape index (κ3) is 2.53. The summed E-state index contributed by atoms with van der Waals surface area (Å²) < 4.78 is 5.10. The lowest BCUT2D eigenvalue weighted by atomic mass is 10.1. The number of pyridine rings is 1. The first kappa shape index (κ1) is 14.4. The molecule has 7 heteroatoms. The summed E-state index contributed by atoms with van der Waals surface area (Å²) in [5.41, 5.74) is -0.352. The van der Waals surface area contributed by atoms with E-state index in [1.807, 2.05) is 5.32 Å². The molecular formula is C14H12N2O5. The molecule has 0 saturated carbocycles. The van der Waals surface area contributed by atoms with Crippen molar-refractivity contribution in [2.45, 2.75) is 6.92 Å². The van der Waals surface area contributed by atoms with Crippen LogP contribution in [0.3, 0.4) is 0 Å². The van der Waals surface area contributed by atoms with Crippen LogP contribution in [0.5, 0.6) is 11.5 Å². The van der Waals surface area contributed by atoms with Crippen LogP contribution in [0.4, 0.5) is 0 Å². The topological polar surface area (TPSA) is 106 Å². The van der Waals surface area contributed by atoms with E-state index >= 15 is 0 Å². The summed E-state index contributed by atoms with van der Waals surface area (Å²) in [5, 5.41) is 12.4. The maximum absolute atomic E-state index is 11.9. The summed E-state index contributed by atoms with van der Waals surface area (Å²) in [6.45, 7) is 1.16. The SMILES string of the molecule is COc1cccc2nc(C(=O)NC(C)=O)c(C=O)c(O)c12. The smallest absolute Gasteiger partial charge is 0.277 e. The third-order valence-electron chi connectivity index (χ3n) is 2.83. The molecule has 2 rings (SSSR count). The molecule has 0 fully saturated rings. The molecule has 1 aromatic heterocycles. The van der Waals surface area contributed by atoms with Gasteiger partial charge in [-0.2, -0.15) is 0 Å². The van der Waals surface area contributed by atoms with E-state index < -0.39 is 17.6 Å². The van der Waals surface area contributed by atoms with E-state index in [0.717, 1.165) is 6.92 Å². The molecule has 0 radical (unpaired) electrons. The van der Waals surface area contributed by atoms with E-state index in [-0.39, 0.29) is 22.2 Å². The molecule has 0 spiro atoms. The van der Waals surface area contributed by atoms with Gasteiger partial charge in [0.25, 0.3) is 5.91 Å². The summed E-state index contributed by atoms with van der Waals surface area (Å²) in [4.78, 5) is 38.0. The highest BCUT2D eigenvalue weighted by atomic mass is 16.5. The monoisotopic (exact) mass is 288 g/mol. The van der Waals surface area contributed by atoms with Crippen molar-refractivity contribution in [3.05, 3.63) is 29.5 Å². The number of carbonyl (C=O) groups is 3. The number of aldehydes is 1. The minimum absolute atomic E-state index is 0.224. The van der Waals surface area contributed by atoms with E-state index in [1.165, 1.54) is 7.11 Å². The van der Waals surface area contributed by atoms with Crippen molar-refractivity contribution < 1.29 is 24.2 Å². The molecule has 0 bridgehead atoms. The predicted molar refractivity (Wildman–Crippen MR) is 73.5 cm³/mol. The molecule has 2 aromatic rings. The van der Waals surface area contributed by atoms with Crippen LogP contribution < -0.4 is 10.1 Å². The van der Waals surface area contributed by atoms with E-state index in [4.69, 9.17) is 4.74 Å². The van der Waals surface area contributed by atoms with Gasteiger partial charge in [0.05, 0.1) is 23.6 Å². The number of fused-ring (bicyclic) bond motifs is 1. The van der Waals surface area contributed by atoms with Crippen LogP contribution in [0.1, 0.15) is 27.8 Å². The van der Waals surface area contributed by atoms with Gasteiger partial charge in [-0.25, -0.2) is 4.98 Å². The molecule has 0 aliphatic rings. The van der Waals surface area contributed by atoms with Gasteiger partial charge in [-0.15, -0.1) is 0 Å². The number of nitrogens with one attached hydrogen (secondary N) is 1. The van der Waals surface area contributed by atoms with Gasteiger partial charge in [0.1, 0.15) is 17.2 Å². The highest BCUT2D eigenvalue weighted by Gasteiger charge is 2.22. The number of benzene rings is 1. The Kier molecular flexibility index (Phi) is 3.84. The maximum atomic E-state index is 11.9. The minimum Gasteiger partial charge on any atom is -0.506 e. The summed E-state index contributed by atoms with van der Waals surface area (Å²) >= 11 is 0. The number of rotatable bonds is 3. The van der Waals surface area contributed by atoms with Gasteiger partial charge in [0.2, 0.25) is 5.91 Å². The highest BCUT2D eigenvalue weighted by Crippen LogP contribution is 2.35. The molecule has 7 nitrogen and oxygen atoms in total. The maximum Gasteiger partial charge on any atom is 0.277 e. The molecule has 0 saturated heterocycles. The summed E-state index contributed by atoms with van der Waals surface area (Å²) in [5.74, 6) is -1.55. The number of nitrogens with zero attached hydrogens (tertiary/aromatic N) is 1. The van der Waals surface area contributed by atoms with Crippen LogP contribution in [0.25, 0.3) is 10.9 Å². The first-order valence-electron chi connectivity index (χ1n) is 5.96. The average molecular weight is 288 g/mol. The summed E-state index contributed by atoms with van der Waals surface area (Å²) in [6.07, 6.45) is 0.309. The zero-order valence-corrected chi connectivity index (χ0v) is 11.3. The Labute approximate surface area is 119 Å². The minimum atomic E-state index is -0.857. The number of methoxy groups -OCH3 is 1. The number of hydrogen-bond acceptors (Lipinski definition) is 6. The Balaban J connectivity index is 2.76. The Morgan fingerprint density at radius 3 is 2.67 bits per heavy atom. The lowest BCUT2D eigenvalue weighted by Crippen LogP contribution is -2.29. The number of aromatic nitrogens is 1. The number of carbonyl (C=O) groups excluding carboxylic acids is 3. The van der Waals surface area contributed by atoms with Crippen LogP contribution >= 0.6 is 0 Å². The fourth-order valence-electron chi connectivity index (χ4n) is 1.95. The third-order valence-corrected chi connectivity index (χ3v) is 2.83. The molecule has 0 atom stereocenters. The van der Waals surface area contributed by atoms with Gasteiger partial charge in [-0.3, -0.25) is 19.7 Å². The Bertz CT molecular complexity index is 755. The number of aromatic hydroxyl groups is 1. The van der Waals surface area contributed by atoms with Crippen molar-refractivity contribution in [3.63, 3.8) is 0 Å². The zero-order valence-electron chi connectivity index (χ0n) is 11.3. The van der Waals surface area contributed by atoms with Crippen molar-refractivity contribution in [1.29, 1.82) is 0 Å². The molecule has 2 amide bonds. The second-order valence-corrected chi connectivity index (χ2v) is 4.21. The molecule has 2 N–H and O–H groups in total. The molecule has 1 aromatic carbocycles. The van der Waals surface area contributed by atoms with Gasteiger partial charge < -0.3 is 9.84 Å². The van der Waals surface area contributed by atoms with Gasteiger partial charge >= 0.3 is 0 Å². The van der Waals surface area contributed by atoms with Gasteiger partial charge in [0.15, 0.2) is 6.29 Å². The second kappa shape index (κ2) is 5.58. The number of ether oxygens (including phenoxy) is 1. The standard InChI is InChI=1S/C14H12N2O5/c1-7(18)15-14(20)12-8(6-17)13(19)11-9(16-12)4-3-5-10(11)21-2/h3-6H,1-2H3,(H,16,19)(H,15,18,20). The van der Waals surface area contributed by atoms with Gasteiger partial charge in [-0.1, -0.05) is 6.07 Å². The number of amides is 2. The first-order chi connectivity index (χ1) is 9.99. The molecular weight excluding hydrogens is 276 g/mol. The zero-order chi connectivity index (χ0) is 15.6. The van der Waals surface area contributed by atoms with Crippen LogP contribution in [0, 0.1) is 0 Å². The molecule has 21 heavy (non-hydrogen) atoms. The van der Waals surface area contributed by atoms with Crippen LogP contribution in [0.15, 0.2) is 18.2 Å². The molecule has 0 aliphatic heterocycles. The van der Waals surface area contributed by atoms with Gasteiger partial charge in [0, 0.05) is 6.92 Å². The van der Waals surface area contributed by atoms with Crippen molar-refractivity contribution in [2.75, 3.05) is 7.11 Å². The second-order valence-electron chi connectivity index (χ2n) is 4.21. The Hall–Kier alpha value is -2.96. The quantitative estimate of drug-likeness (QED) is 0.817. The fraction of sp³-hybridized carbons (Fsp3) is 0.143. The Morgan fingerprint density at radius 1 is 1.38 bits per heavy atom. The predicted octanol–water partition coefficient (Wildman–Crippen LogP) is 1.04. The largest absolute Gasteiger partial charge is 0.506 e. The lowest BCUT2D eigenvalue weighted by Gasteiger charge is -2.11. The van der Waals surface area contributed by atoms with E-state index in [2.05, 4.69) is 4.98 Å². The van der Waals surface area contributed by atoms with Crippen LogP contribution in [-0.4, -0.2) is 35.3 Å². The van der Waals surface area contributed by atoms with Crippen molar-refractivity contribution in [3.8, 4) is 11.5 Å². The van der Waals surface area contributed by atoms with Crippen molar-refractivity contribution in [2.24, 2.45) is 0 Å². The molecule has 0 unspecified atom stereocenters. The van der Waals surface area contributed by atoms with Crippen LogP contribution in [-0.2, 0) is 4.79 Å². The van der Waals surface area contributed by atoms with Crippen molar-refractivity contribution in [1.82, 2.24) is 10.3 Å². The number of imide groups is 1. The van der Waals surface area contributed by atoms with Crippen LogP contribution in [0.2, 0.25) is 0 Å². The highest BCUT2D eigenvalue weighted by molar-refractivity contribution is 6.10. The van der Waals surface area contributed by atoms with E-state index in [0.29, 0.717) is 12.0 Å². The van der Waals surface area contributed by atoms with Gasteiger partial charge in [-0.05, 0) is 12.1 Å². The van der Waals surface area contributed by atoms with E-state index in [9.17, 15) is 19.5 Å². The van der Waals surface area contributed by atoms with E-state index in [1.54, 1.807) is 18.2 Å². The fourth-order valence-corrected chi connectivity index (χ4v) is 1.95. The molecule has 1 heterocycles. The molecule has 0 aliphatic carbocycles.